The first-order valence-electron chi connectivity index (χ1n) is 10.2. The van der Waals surface area contributed by atoms with Crippen LogP contribution >= 0.6 is 0 Å². The molecule has 0 unspecified atom stereocenters. The van der Waals surface area contributed by atoms with Crippen molar-refractivity contribution in [3.63, 3.8) is 0 Å². The number of fused-ring (bicyclic) bond motifs is 1. The summed E-state index contributed by atoms with van der Waals surface area (Å²) in [6, 6.07) is 17.8. The predicted molar refractivity (Wildman–Crippen MR) is 123 cm³/mol. The topological polar surface area (TPSA) is 84.5 Å². The van der Waals surface area contributed by atoms with E-state index < -0.39 is 0 Å². The minimum atomic E-state index is -0.264. The SMILES string of the molecule is CCOc1ccc2[nH]c(=O)c(CN(C(=O)c3ccncc3)c3ccccc3OC)cc2c1. The van der Waals surface area contributed by atoms with Crippen molar-refractivity contribution in [2.45, 2.75) is 13.5 Å². The zero-order chi connectivity index (χ0) is 22.5. The number of rotatable bonds is 7. The smallest absolute Gasteiger partial charge is 0.258 e. The molecule has 4 rings (SSSR count). The minimum absolute atomic E-state index is 0.0612. The van der Waals surface area contributed by atoms with E-state index in [1.54, 1.807) is 49.8 Å². The normalized spacial score (nSPS) is 10.7. The maximum absolute atomic E-state index is 13.4. The summed E-state index contributed by atoms with van der Waals surface area (Å²) < 4.78 is 11.1. The third-order valence-electron chi connectivity index (χ3n) is 5.08. The number of amides is 1. The minimum Gasteiger partial charge on any atom is -0.495 e. The molecule has 2 aromatic heterocycles. The van der Waals surface area contributed by atoms with Gasteiger partial charge in [-0.3, -0.25) is 14.6 Å². The molecule has 7 nitrogen and oxygen atoms in total. The standard InChI is InChI=1S/C25H23N3O4/c1-3-32-20-8-9-21-18(15-20)14-19(24(29)27-21)16-28(22-6-4-5-7-23(22)31-2)25(30)17-10-12-26-13-11-17/h4-15H,3,16H2,1-2H3,(H,27,29). The maximum atomic E-state index is 13.4. The van der Waals surface area contributed by atoms with Crippen molar-refractivity contribution in [2.75, 3.05) is 18.6 Å². The summed E-state index contributed by atoms with van der Waals surface area (Å²) in [6.07, 6.45) is 3.12. The van der Waals surface area contributed by atoms with Crippen molar-refractivity contribution in [1.29, 1.82) is 0 Å². The molecule has 0 aliphatic heterocycles. The Hall–Kier alpha value is -4.13. The van der Waals surface area contributed by atoms with Crippen LogP contribution in [0.5, 0.6) is 11.5 Å². The van der Waals surface area contributed by atoms with Crippen molar-refractivity contribution in [3.05, 3.63) is 94.5 Å². The number of hydrogen-bond acceptors (Lipinski definition) is 5. The highest BCUT2D eigenvalue weighted by Crippen LogP contribution is 2.30. The molecule has 0 saturated carbocycles. The molecule has 0 spiro atoms. The molecule has 1 N–H and O–H groups in total. The van der Waals surface area contributed by atoms with Crippen LogP contribution in [0.25, 0.3) is 10.9 Å². The van der Waals surface area contributed by atoms with Gasteiger partial charge in [-0.05, 0) is 55.5 Å². The highest BCUT2D eigenvalue weighted by molar-refractivity contribution is 6.06. The number of nitrogens with one attached hydrogen (secondary N) is 1. The molecule has 0 aliphatic carbocycles. The summed E-state index contributed by atoms with van der Waals surface area (Å²) in [6.45, 7) is 2.52. The fourth-order valence-corrected chi connectivity index (χ4v) is 3.54. The van der Waals surface area contributed by atoms with Crippen LogP contribution in [0, 0.1) is 0 Å². The van der Waals surface area contributed by atoms with E-state index in [0.29, 0.717) is 40.4 Å². The third kappa shape index (κ3) is 4.32. The second-order valence-corrected chi connectivity index (χ2v) is 7.10. The molecule has 0 radical (unpaired) electrons. The van der Waals surface area contributed by atoms with Crippen molar-refractivity contribution >= 4 is 22.5 Å². The van der Waals surface area contributed by atoms with Gasteiger partial charge in [-0.25, -0.2) is 0 Å². The number of hydrogen-bond donors (Lipinski definition) is 1. The molecule has 7 heteroatoms. The lowest BCUT2D eigenvalue weighted by Gasteiger charge is -2.24. The van der Waals surface area contributed by atoms with Gasteiger partial charge in [-0.2, -0.15) is 0 Å². The van der Waals surface area contributed by atoms with E-state index in [2.05, 4.69) is 9.97 Å². The van der Waals surface area contributed by atoms with Gasteiger partial charge in [0.1, 0.15) is 11.5 Å². The number of nitrogens with zero attached hydrogens (tertiary/aromatic N) is 2. The van der Waals surface area contributed by atoms with E-state index in [9.17, 15) is 9.59 Å². The molecular formula is C25H23N3O4. The van der Waals surface area contributed by atoms with Crippen LogP contribution in [0.1, 0.15) is 22.8 Å². The van der Waals surface area contributed by atoms with Gasteiger partial charge in [0.15, 0.2) is 0 Å². The largest absolute Gasteiger partial charge is 0.495 e. The number of carbonyl (C=O) groups is 1. The van der Waals surface area contributed by atoms with Crippen LogP contribution in [0.15, 0.2) is 77.9 Å². The van der Waals surface area contributed by atoms with Gasteiger partial charge in [0.05, 0.1) is 25.9 Å². The van der Waals surface area contributed by atoms with Crippen LogP contribution in [0.2, 0.25) is 0 Å². The molecule has 2 heterocycles. The van der Waals surface area contributed by atoms with Crippen molar-refractivity contribution in [2.24, 2.45) is 0 Å². The Labute approximate surface area is 185 Å². The number of ether oxygens (including phenoxy) is 2. The lowest BCUT2D eigenvalue weighted by Crippen LogP contribution is -2.33. The highest BCUT2D eigenvalue weighted by Gasteiger charge is 2.22. The highest BCUT2D eigenvalue weighted by atomic mass is 16.5. The van der Waals surface area contributed by atoms with Gasteiger partial charge in [-0.15, -0.1) is 0 Å². The van der Waals surface area contributed by atoms with E-state index in [-0.39, 0.29) is 18.0 Å². The fraction of sp³-hybridized carbons (Fsp3) is 0.160. The van der Waals surface area contributed by atoms with Gasteiger partial charge in [-0.1, -0.05) is 12.1 Å². The Morgan fingerprint density at radius 2 is 1.84 bits per heavy atom. The van der Waals surface area contributed by atoms with E-state index in [0.717, 1.165) is 5.39 Å². The monoisotopic (exact) mass is 429 g/mol. The molecule has 0 aliphatic rings. The number of para-hydroxylation sites is 2. The van der Waals surface area contributed by atoms with Gasteiger partial charge >= 0.3 is 0 Å². The Morgan fingerprint density at radius 1 is 1.06 bits per heavy atom. The number of methoxy groups -OCH3 is 1. The van der Waals surface area contributed by atoms with Gasteiger partial charge in [0.25, 0.3) is 11.5 Å². The second kappa shape index (κ2) is 9.34. The summed E-state index contributed by atoms with van der Waals surface area (Å²) in [4.78, 5) is 34.7. The van der Waals surface area contributed by atoms with E-state index in [4.69, 9.17) is 9.47 Å². The number of carbonyl (C=O) groups excluding carboxylic acids is 1. The number of benzene rings is 2. The first kappa shape index (κ1) is 21.1. The van der Waals surface area contributed by atoms with E-state index in [1.807, 2.05) is 37.3 Å². The molecule has 32 heavy (non-hydrogen) atoms. The summed E-state index contributed by atoms with van der Waals surface area (Å²) in [5, 5.41) is 0.821. The second-order valence-electron chi connectivity index (χ2n) is 7.10. The van der Waals surface area contributed by atoms with Gasteiger partial charge in [0.2, 0.25) is 0 Å². The Kier molecular flexibility index (Phi) is 6.17. The summed E-state index contributed by atoms with van der Waals surface area (Å²) in [7, 11) is 1.55. The average Bonchev–Trinajstić information content (AvgIpc) is 2.83. The zero-order valence-corrected chi connectivity index (χ0v) is 17.9. The molecule has 1 amide bonds. The predicted octanol–water partition coefficient (Wildman–Crippen LogP) is 4.18. The van der Waals surface area contributed by atoms with Gasteiger partial charge < -0.3 is 19.4 Å². The lowest BCUT2D eigenvalue weighted by atomic mass is 10.1. The molecular weight excluding hydrogens is 406 g/mol. The zero-order valence-electron chi connectivity index (χ0n) is 17.9. The Balaban J connectivity index is 1.80. The quantitative estimate of drug-likeness (QED) is 0.476. The number of H-pyrrole nitrogens is 1. The number of aromatic nitrogens is 2. The lowest BCUT2D eigenvalue weighted by molar-refractivity contribution is 0.0984. The van der Waals surface area contributed by atoms with Crippen LogP contribution < -0.4 is 19.9 Å². The van der Waals surface area contributed by atoms with Crippen LogP contribution in [-0.4, -0.2) is 29.6 Å². The third-order valence-corrected chi connectivity index (χ3v) is 5.08. The van der Waals surface area contributed by atoms with Crippen molar-refractivity contribution in [3.8, 4) is 11.5 Å². The molecule has 0 bridgehead atoms. The molecule has 4 aromatic rings. The van der Waals surface area contributed by atoms with E-state index in [1.165, 1.54) is 4.90 Å². The van der Waals surface area contributed by atoms with E-state index >= 15 is 0 Å². The molecule has 0 fully saturated rings. The Morgan fingerprint density at radius 3 is 2.59 bits per heavy atom. The number of anilines is 1. The summed E-state index contributed by atoms with van der Waals surface area (Å²) in [5.74, 6) is 0.984. The molecule has 0 atom stereocenters. The number of aromatic amines is 1. The first-order chi connectivity index (χ1) is 15.6. The summed E-state index contributed by atoms with van der Waals surface area (Å²) >= 11 is 0. The van der Waals surface area contributed by atoms with Gasteiger partial charge in [0, 0.05) is 34.4 Å². The van der Waals surface area contributed by atoms with Crippen LogP contribution in [-0.2, 0) is 6.54 Å². The van der Waals surface area contributed by atoms with Crippen molar-refractivity contribution in [1.82, 2.24) is 9.97 Å². The molecule has 162 valence electrons. The van der Waals surface area contributed by atoms with Crippen molar-refractivity contribution < 1.29 is 14.3 Å². The summed E-state index contributed by atoms with van der Waals surface area (Å²) in [5.41, 5.74) is 1.91. The van der Waals surface area contributed by atoms with Crippen LogP contribution in [0.3, 0.4) is 0 Å². The number of pyridine rings is 2. The Bertz CT molecular complexity index is 1300. The first-order valence-corrected chi connectivity index (χ1v) is 10.2. The average molecular weight is 429 g/mol. The fourth-order valence-electron chi connectivity index (χ4n) is 3.54. The molecule has 0 saturated heterocycles. The maximum Gasteiger partial charge on any atom is 0.258 e. The molecule has 2 aromatic carbocycles. The van der Waals surface area contributed by atoms with Crippen LogP contribution in [0.4, 0.5) is 5.69 Å².